The molecule has 0 aromatic rings. The van der Waals surface area contributed by atoms with E-state index in [-0.39, 0.29) is 6.09 Å². The number of nitrogens with one attached hydrogen (secondary N) is 1. The molecule has 0 aliphatic carbocycles. The number of carbonyl (C=O) groups is 1. The van der Waals surface area contributed by atoms with Crippen LogP contribution in [-0.4, -0.2) is 55.5 Å². The van der Waals surface area contributed by atoms with Gasteiger partial charge in [0.05, 0.1) is 6.61 Å². The van der Waals surface area contributed by atoms with Crippen LogP contribution in [0.15, 0.2) is 0 Å². The van der Waals surface area contributed by atoms with Crippen LogP contribution < -0.4 is 5.32 Å². The summed E-state index contributed by atoms with van der Waals surface area (Å²) >= 11 is 0. The Hall–Kier alpha value is -0.810. The smallest absolute Gasteiger partial charge is 0.410 e. The van der Waals surface area contributed by atoms with Crippen molar-refractivity contribution in [2.75, 3.05) is 32.8 Å². The van der Waals surface area contributed by atoms with Gasteiger partial charge in [-0.3, -0.25) is 0 Å². The van der Waals surface area contributed by atoms with Gasteiger partial charge in [0.25, 0.3) is 0 Å². The highest BCUT2D eigenvalue weighted by atomic mass is 16.6. The Morgan fingerprint density at radius 3 is 2.72 bits per heavy atom. The number of hydrogen-bond acceptors (Lipinski definition) is 4. The van der Waals surface area contributed by atoms with Gasteiger partial charge in [-0.25, -0.2) is 4.79 Å². The largest absolute Gasteiger partial charge is 0.444 e. The summed E-state index contributed by atoms with van der Waals surface area (Å²) in [5.41, 5.74) is -0.406. The first-order chi connectivity index (χ1) is 8.44. The monoisotopic (exact) mass is 256 g/mol. The molecule has 5 nitrogen and oxygen atoms in total. The van der Waals surface area contributed by atoms with Gasteiger partial charge in [0.2, 0.25) is 0 Å². The highest BCUT2D eigenvalue weighted by molar-refractivity contribution is 5.69. The van der Waals surface area contributed by atoms with Crippen molar-refractivity contribution >= 4 is 6.09 Å². The lowest BCUT2D eigenvalue weighted by Gasteiger charge is -2.40. The minimum Gasteiger partial charge on any atom is -0.444 e. The maximum Gasteiger partial charge on any atom is 0.410 e. The van der Waals surface area contributed by atoms with E-state index in [0.29, 0.717) is 12.0 Å². The van der Waals surface area contributed by atoms with Crippen LogP contribution >= 0.6 is 0 Å². The minimum atomic E-state index is -0.406. The summed E-state index contributed by atoms with van der Waals surface area (Å²) in [4.78, 5) is 13.4. The van der Waals surface area contributed by atoms with E-state index in [1.54, 1.807) is 4.90 Å². The van der Waals surface area contributed by atoms with Gasteiger partial charge in [-0.2, -0.15) is 0 Å². The van der Waals surface area contributed by atoms with Gasteiger partial charge in [-0.15, -0.1) is 0 Å². The van der Waals surface area contributed by atoms with E-state index in [1.165, 1.54) is 0 Å². The molecule has 18 heavy (non-hydrogen) atoms. The number of ether oxygens (including phenoxy) is 2. The maximum absolute atomic E-state index is 11.7. The molecule has 5 heteroatoms. The maximum atomic E-state index is 11.7. The Morgan fingerprint density at radius 1 is 1.44 bits per heavy atom. The second kappa shape index (κ2) is 5.45. The predicted molar refractivity (Wildman–Crippen MR) is 68.5 cm³/mol. The molecule has 0 aromatic carbocycles. The molecule has 2 aliphatic heterocycles. The zero-order valence-corrected chi connectivity index (χ0v) is 11.6. The Labute approximate surface area is 109 Å². The van der Waals surface area contributed by atoms with Gasteiger partial charge in [0, 0.05) is 32.3 Å². The fourth-order valence-corrected chi connectivity index (χ4v) is 2.16. The Kier molecular flexibility index (Phi) is 4.12. The third kappa shape index (κ3) is 3.85. The standard InChI is InChI=1S/C13H24N2O3/c1-13(2,3)18-12(16)15-7-11(8-15)14-6-10-4-5-17-9-10/h10-11,14H,4-9H2,1-3H3. The van der Waals surface area contributed by atoms with E-state index in [4.69, 9.17) is 9.47 Å². The lowest BCUT2D eigenvalue weighted by molar-refractivity contribution is 0.00496. The Morgan fingerprint density at radius 2 is 2.17 bits per heavy atom. The topological polar surface area (TPSA) is 50.8 Å². The van der Waals surface area contributed by atoms with Crippen molar-refractivity contribution in [3.63, 3.8) is 0 Å². The zero-order valence-electron chi connectivity index (χ0n) is 11.6. The molecule has 0 radical (unpaired) electrons. The molecule has 104 valence electrons. The van der Waals surface area contributed by atoms with Gasteiger partial charge >= 0.3 is 6.09 Å². The van der Waals surface area contributed by atoms with Crippen LogP contribution in [0.3, 0.4) is 0 Å². The molecule has 0 spiro atoms. The SMILES string of the molecule is CC(C)(C)OC(=O)N1CC(NCC2CCOC2)C1. The lowest BCUT2D eigenvalue weighted by Crippen LogP contribution is -2.61. The van der Waals surface area contributed by atoms with Crippen LogP contribution in [0.5, 0.6) is 0 Å². The average Bonchev–Trinajstić information content (AvgIpc) is 2.64. The molecule has 0 saturated carbocycles. The van der Waals surface area contributed by atoms with Gasteiger partial charge in [-0.1, -0.05) is 0 Å². The zero-order chi connectivity index (χ0) is 13.2. The van der Waals surface area contributed by atoms with E-state index >= 15 is 0 Å². The van der Waals surface area contributed by atoms with Crippen LogP contribution in [0.1, 0.15) is 27.2 Å². The number of carbonyl (C=O) groups excluding carboxylic acids is 1. The molecule has 1 N–H and O–H groups in total. The Bertz CT molecular complexity index is 289. The lowest BCUT2D eigenvalue weighted by atomic mass is 10.1. The highest BCUT2D eigenvalue weighted by Gasteiger charge is 2.33. The average molecular weight is 256 g/mol. The number of nitrogens with zero attached hydrogens (tertiary/aromatic N) is 1. The normalized spacial score (nSPS) is 25.1. The van der Waals surface area contributed by atoms with E-state index in [1.807, 2.05) is 20.8 Å². The van der Waals surface area contributed by atoms with Crippen molar-refractivity contribution in [1.82, 2.24) is 10.2 Å². The first-order valence-corrected chi connectivity index (χ1v) is 6.73. The first kappa shape index (κ1) is 13.6. The van der Waals surface area contributed by atoms with Gasteiger partial charge in [0.1, 0.15) is 5.60 Å². The molecule has 1 amide bonds. The molecule has 2 heterocycles. The van der Waals surface area contributed by atoms with Crippen molar-refractivity contribution in [3.05, 3.63) is 0 Å². The molecule has 1 atom stereocenters. The summed E-state index contributed by atoms with van der Waals surface area (Å²) in [6.07, 6.45) is 0.944. The summed E-state index contributed by atoms with van der Waals surface area (Å²) in [5.74, 6) is 0.639. The summed E-state index contributed by atoms with van der Waals surface area (Å²) in [6, 6.07) is 0.415. The third-order valence-electron chi connectivity index (χ3n) is 3.25. The second-order valence-electron chi connectivity index (χ2n) is 6.22. The van der Waals surface area contributed by atoms with E-state index in [9.17, 15) is 4.79 Å². The molecule has 2 aliphatic rings. The molecule has 0 aromatic heterocycles. The van der Waals surface area contributed by atoms with Crippen molar-refractivity contribution in [2.45, 2.75) is 38.8 Å². The number of hydrogen-bond donors (Lipinski definition) is 1. The summed E-state index contributed by atoms with van der Waals surface area (Å²) in [5, 5.41) is 3.48. The molecular weight excluding hydrogens is 232 g/mol. The quantitative estimate of drug-likeness (QED) is 0.825. The third-order valence-corrected chi connectivity index (χ3v) is 3.25. The molecule has 1 unspecified atom stereocenters. The molecule has 0 bridgehead atoms. The van der Waals surface area contributed by atoms with Crippen molar-refractivity contribution in [3.8, 4) is 0 Å². The fraction of sp³-hybridized carbons (Fsp3) is 0.923. The molecule has 2 rings (SSSR count). The van der Waals surface area contributed by atoms with E-state index in [2.05, 4.69) is 5.32 Å². The Balaban J connectivity index is 1.60. The van der Waals surface area contributed by atoms with Crippen molar-refractivity contribution < 1.29 is 14.3 Å². The predicted octanol–water partition coefficient (Wildman–Crippen LogP) is 1.23. The molecule has 2 fully saturated rings. The number of likely N-dealkylation sites (tertiary alicyclic amines) is 1. The van der Waals surface area contributed by atoms with Crippen LogP contribution in [0, 0.1) is 5.92 Å². The highest BCUT2D eigenvalue weighted by Crippen LogP contribution is 2.16. The van der Waals surface area contributed by atoms with Crippen LogP contribution in [0.25, 0.3) is 0 Å². The molecular formula is C13H24N2O3. The van der Waals surface area contributed by atoms with Crippen LogP contribution in [0.2, 0.25) is 0 Å². The number of amides is 1. The second-order valence-corrected chi connectivity index (χ2v) is 6.22. The van der Waals surface area contributed by atoms with Crippen molar-refractivity contribution in [2.24, 2.45) is 5.92 Å². The van der Waals surface area contributed by atoms with E-state index < -0.39 is 5.60 Å². The van der Waals surface area contributed by atoms with Crippen LogP contribution in [0.4, 0.5) is 4.79 Å². The summed E-state index contributed by atoms with van der Waals surface area (Å²) in [6.45, 7) is 9.93. The van der Waals surface area contributed by atoms with Crippen molar-refractivity contribution in [1.29, 1.82) is 0 Å². The first-order valence-electron chi connectivity index (χ1n) is 6.73. The van der Waals surface area contributed by atoms with Gasteiger partial charge < -0.3 is 19.7 Å². The van der Waals surface area contributed by atoms with Gasteiger partial charge in [0.15, 0.2) is 0 Å². The van der Waals surface area contributed by atoms with E-state index in [0.717, 1.165) is 39.3 Å². The minimum absolute atomic E-state index is 0.204. The summed E-state index contributed by atoms with van der Waals surface area (Å²) in [7, 11) is 0. The van der Waals surface area contributed by atoms with Gasteiger partial charge in [-0.05, 0) is 33.1 Å². The molecule has 2 saturated heterocycles. The fourth-order valence-electron chi connectivity index (χ4n) is 2.16. The summed E-state index contributed by atoms with van der Waals surface area (Å²) < 4.78 is 10.6. The number of rotatable bonds is 3. The van der Waals surface area contributed by atoms with Crippen LogP contribution in [-0.2, 0) is 9.47 Å².